The number of benzene rings is 1. The minimum Gasteiger partial charge on any atom is -0.504 e. The van der Waals surface area contributed by atoms with Crippen molar-refractivity contribution in [3.05, 3.63) is 74.4 Å². The van der Waals surface area contributed by atoms with Gasteiger partial charge in [0.15, 0.2) is 17.4 Å². The molecule has 0 aliphatic carbocycles. The van der Waals surface area contributed by atoms with Crippen LogP contribution in [-0.2, 0) is 4.79 Å². The SMILES string of the molecule is C=CC(=O)N1CCN(c2c(C#N)c(=O)n(C3C(C(C)C)=NC=CC3C)c3nc(-c4c(O)c(F)c(F)c(Cl)c4F)c(Cl)cc23)C[C@H]1C. The Morgan fingerprint density at radius 1 is 1.20 bits per heavy atom. The Morgan fingerprint density at radius 2 is 1.89 bits per heavy atom. The number of nitrogens with zero attached hydrogens (tertiary/aromatic N) is 6. The second kappa shape index (κ2) is 12.5. The summed E-state index contributed by atoms with van der Waals surface area (Å²) in [4.78, 5) is 39.3. The molecule has 9 nitrogen and oxygen atoms in total. The first-order valence-corrected chi connectivity index (χ1v) is 15.2. The van der Waals surface area contributed by atoms with E-state index >= 15 is 4.39 Å². The van der Waals surface area contributed by atoms with Crippen LogP contribution >= 0.6 is 23.2 Å². The number of phenols is 1. The van der Waals surface area contributed by atoms with Crippen molar-refractivity contribution in [1.29, 1.82) is 5.26 Å². The number of anilines is 1. The van der Waals surface area contributed by atoms with Crippen molar-refractivity contribution in [2.24, 2.45) is 16.8 Å². The second-order valence-electron chi connectivity index (χ2n) is 11.6. The van der Waals surface area contributed by atoms with Crippen molar-refractivity contribution < 1.29 is 23.1 Å². The van der Waals surface area contributed by atoms with Crippen LogP contribution in [0.1, 0.15) is 39.3 Å². The lowest BCUT2D eigenvalue weighted by Crippen LogP contribution is -2.54. The maximum absolute atomic E-state index is 15.4. The summed E-state index contributed by atoms with van der Waals surface area (Å²) in [5.41, 5.74) is -1.64. The lowest BCUT2D eigenvalue weighted by molar-refractivity contribution is -0.128. The van der Waals surface area contributed by atoms with Crippen LogP contribution in [-0.4, -0.2) is 56.9 Å². The van der Waals surface area contributed by atoms with Crippen molar-refractivity contribution in [1.82, 2.24) is 14.5 Å². The number of piperazine rings is 1. The van der Waals surface area contributed by atoms with Gasteiger partial charge in [-0.2, -0.15) is 9.65 Å². The van der Waals surface area contributed by atoms with Gasteiger partial charge in [-0.25, -0.2) is 13.8 Å². The molecule has 3 aromatic rings. The Labute approximate surface area is 272 Å². The highest BCUT2D eigenvalue weighted by Gasteiger charge is 2.36. The van der Waals surface area contributed by atoms with Crippen molar-refractivity contribution >= 4 is 51.5 Å². The zero-order valence-corrected chi connectivity index (χ0v) is 26.8. The number of hydrogen-bond acceptors (Lipinski definition) is 7. The third-order valence-electron chi connectivity index (χ3n) is 8.39. The predicted molar refractivity (Wildman–Crippen MR) is 171 cm³/mol. The summed E-state index contributed by atoms with van der Waals surface area (Å²) in [6.07, 6.45) is 4.62. The molecule has 1 fully saturated rings. The third kappa shape index (κ3) is 5.21. The van der Waals surface area contributed by atoms with Gasteiger partial charge in [-0.15, -0.1) is 0 Å². The fourth-order valence-corrected chi connectivity index (χ4v) is 6.59. The fourth-order valence-electron chi connectivity index (χ4n) is 6.17. The van der Waals surface area contributed by atoms with Crippen LogP contribution in [0.5, 0.6) is 5.75 Å². The van der Waals surface area contributed by atoms with E-state index in [1.54, 1.807) is 22.1 Å². The Morgan fingerprint density at radius 3 is 2.50 bits per heavy atom. The standard InChI is InChI=1S/C32H29Cl2F3N6O3/c1-6-20(44)42-10-9-41(13-16(42)5)29-17-11-19(33)27(21-23(35)22(34)24(36)25(37)30(21)45)40-31(17)43(32(46)18(29)12-38)28-15(4)7-8-39-26(28)14(2)3/h6-8,11,14-16,28,45H,1,9-10,13H2,2-5H3/t15?,16-,28?/m1/s1. The highest BCUT2D eigenvalue weighted by molar-refractivity contribution is 6.34. The molecule has 0 spiro atoms. The van der Waals surface area contributed by atoms with Crippen LogP contribution < -0.4 is 10.5 Å². The van der Waals surface area contributed by atoms with Gasteiger partial charge in [0.05, 0.1) is 28.0 Å². The van der Waals surface area contributed by atoms with Gasteiger partial charge in [0.25, 0.3) is 5.56 Å². The summed E-state index contributed by atoms with van der Waals surface area (Å²) in [6, 6.07) is 2.28. The predicted octanol–water partition coefficient (Wildman–Crippen LogP) is 6.39. The first-order chi connectivity index (χ1) is 21.7. The van der Waals surface area contributed by atoms with Crippen LogP contribution in [0, 0.1) is 40.6 Å². The number of aromatic hydroxyl groups is 1. The van der Waals surface area contributed by atoms with Gasteiger partial charge in [0.2, 0.25) is 11.7 Å². The lowest BCUT2D eigenvalue weighted by atomic mass is 9.88. The molecule has 4 heterocycles. The molecule has 14 heteroatoms. The summed E-state index contributed by atoms with van der Waals surface area (Å²) >= 11 is 12.4. The third-order valence-corrected chi connectivity index (χ3v) is 9.00. The summed E-state index contributed by atoms with van der Waals surface area (Å²) in [6.45, 7) is 11.7. The molecule has 2 aliphatic heterocycles. The van der Waals surface area contributed by atoms with Gasteiger partial charge in [-0.05, 0) is 25.0 Å². The van der Waals surface area contributed by atoms with Crippen LogP contribution in [0.4, 0.5) is 18.9 Å². The number of aliphatic imine (C=N–C) groups is 1. The molecule has 0 bridgehead atoms. The van der Waals surface area contributed by atoms with E-state index in [2.05, 4.69) is 16.6 Å². The number of carbonyl (C=O) groups excluding carboxylic acids is 1. The molecule has 0 radical (unpaired) electrons. The Balaban J connectivity index is 1.89. The molecule has 1 saturated heterocycles. The molecular weight excluding hydrogens is 644 g/mol. The second-order valence-corrected chi connectivity index (χ2v) is 12.4. The molecule has 0 saturated carbocycles. The number of hydrogen-bond donors (Lipinski definition) is 1. The highest BCUT2D eigenvalue weighted by atomic mass is 35.5. The molecule has 2 unspecified atom stereocenters. The number of phenolic OH excluding ortho intramolecular Hbond substituents is 1. The largest absolute Gasteiger partial charge is 0.504 e. The summed E-state index contributed by atoms with van der Waals surface area (Å²) in [5.74, 6) is -7.27. The van der Waals surface area contributed by atoms with Crippen molar-refractivity contribution in [3.63, 3.8) is 0 Å². The molecule has 5 rings (SSSR count). The van der Waals surface area contributed by atoms with E-state index in [4.69, 9.17) is 23.2 Å². The first-order valence-electron chi connectivity index (χ1n) is 14.4. The molecule has 46 heavy (non-hydrogen) atoms. The van der Waals surface area contributed by atoms with Crippen LogP contribution in [0.3, 0.4) is 0 Å². The summed E-state index contributed by atoms with van der Waals surface area (Å²) < 4.78 is 45.5. The van der Waals surface area contributed by atoms with Gasteiger partial charge in [0.1, 0.15) is 22.3 Å². The quantitative estimate of drug-likeness (QED) is 0.191. The Bertz CT molecular complexity index is 1940. The van der Waals surface area contributed by atoms with Crippen molar-refractivity contribution in [2.45, 2.75) is 39.8 Å². The van der Waals surface area contributed by atoms with E-state index in [1.807, 2.05) is 33.8 Å². The van der Waals surface area contributed by atoms with E-state index in [-0.39, 0.29) is 70.7 Å². The molecule has 240 valence electrons. The average molecular weight is 674 g/mol. The molecular formula is C32H29Cl2F3N6O3. The van der Waals surface area contributed by atoms with Gasteiger partial charge < -0.3 is 14.9 Å². The minimum atomic E-state index is -1.81. The number of halogens is 5. The zero-order valence-electron chi connectivity index (χ0n) is 25.3. The molecule has 1 aromatic carbocycles. The number of allylic oxidation sites excluding steroid dienone is 1. The number of pyridine rings is 2. The lowest BCUT2D eigenvalue weighted by Gasteiger charge is -2.41. The number of rotatable bonds is 5. The summed E-state index contributed by atoms with van der Waals surface area (Å²) in [7, 11) is 0. The number of aromatic nitrogens is 2. The Hall–Kier alpha value is -4.34. The van der Waals surface area contributed by atoms with E-state index in [0.29, 0.717) is 5.71 Å². The van der Waals surface area contributed by atoms with E-state index < -0.39 is 51.1 Å². The van der Waals surface area contributed by atoms with Gasteiger partial charge in [-0.1, -0.05) is 56.6 Å². The Kier molecular flexibility index (Phi) is 8.94. The van der Waals surface area contributed by atoms with E-state index in [9.17, 15) is 28.7 Å². The molecule has 3 atom stereocenters. The number of amides is 1. The van der Waals surface area contributed by atoms with E-state index in [1.165, 1.54) is 16.7 Å². The van der Waals surface area contributed by atoms with Crippen LogP contribution in [0.15, 0.2) is 40.8 Å². The average Bonchev–Trinajstić information content (AvgIpc) is 3.02. The van der Waals surface area contributed by atoms with Crippen LogP contribution in [0.25, 0.3) is 22.3 Å². The van der Waals surface area contributed by atoms with E-state index in [0.717, 1.165) is 0 Å². The number of nitriles is 1. The first kappa shape index (κ1) is 33.0. The number of carbonyl (C=O) groups is 1. The molecule has 1 N–H and O–H groups in total. The number of fused-ring (bicyclic) bond motifs is 1. The molecule has 2 aliphatic rings. The van der Waals surface area contributed by atoms with Crippen molar-refractivity contribution in [3.8, 4) is 23.1 Å². The fraction of sp³-hybridized carbons (Fsp3) is 0.344. The normalized spacial score (nSPS) is 19.8. The maximum Gasteiger partial charge on any atom is 0.272 e. The molecule has 1 amide bonds. The zero-order chi connectivity index (χ0) is 33.8. The monoisotopic (exact) mass is 672 g/mol. The topological polar surface area (TPSA) is 115 Å². The summed E-state index contributed by atoms with van der Waals surface area (Å²) in [5, 5.41) is 19.6. The molecule has 2 aromatic heterocycles. The van der Waals surface area contributed by atoms with Gasteiger partial charge in [0, 0.05) is 48.9 Å². The van der Waals surface area contributed by atoms with Crippen LogP contribution in [0.2, 0.25) is 10.0 Å². The minimum absolute atomic E-state index is 0.0733. The smallest absolute Gasteiger partial charge is 0.272 e. The van der Waals surface area contributed by atoms with Crippen molar-refractivity contribution in [2.75, 3.05) is 24.5 Å². The van der Waals surface area contributed by atoms with Gasteiger partial charge in [-0.3, -0.25) is 19.1 Å². The highest BCUT2D eigenvalue weighted by Crippen LogP contribution is 2.44. The van der Waals surface area contributed by atoms with Gasteiger partial charge >= 0.3 is 0 Å². The maximum atomic E-state index is 15.4.